The van der Waals surface area contributed by atoms with Crippen molar-refractivity contribution in [2.24, 2.45) is 5.92 Å². The van der Waals surface area contributed by atoms with Crippen molar-refractivity contribution in [3.8, 4) is 0 Å². The van der Waals surface area contributed by atoms with Crippen molar-refractivity contribution in [3.05, 3.63) is 35.9 Å². The minimum atomic E-state index is -3.75. The van der Waals surface area contributed by atoms with Gasteiger partial charge in [0.15, 0.2) is 0 Å². The Morgan fingerprint density at radius 3 is 2.54 bits per heavy atom. The van der Waals surface area contributed by atoms with Crippen LogP contribution in [-0.4, -0.2) is 45.4 Å². The van der Waals surface area contributed by atoms with Crippen LogP contribution in [0.15, 0.2) is 30.3 Å². The van der Waals surface area contributed by atoms with Crippen molar-refractivity contribution in [1.29, 1.82) is 0 Å². The molecular weight excluding hydrogens is 360 g/mol. The van der Waals surface area contributed by atoms with Gasteiger partial charge in [-0.05, 0) is 17.9 Å². The first-order valence-electron chi connectivity index (χ1n) is 8.39. The molecule has 1 aromatic rings. The molecule has 0 bridgehead atoms. The SMILES string of the molecule is CC[C@@H]1C[C@H]1NS(=O)(=O)C[C@H](NC(=O)OCc1ccccc1)C(=O)OC. The van der Waals surface area contributed by atoms with E-state index in [0.717, 1.165) is 25.5 Å². The summed E-state index contributed by atoms with van der Waals surface area (Å²) in [4.78, 5) is 23.7. The Hall–Kier alpha value is -2.13. The molecule has 9 heteroatoms. The zero-order valence-corrected chi connectivity index (χ0v) is 15.6. The lowest BCUT2D eigenvalue weighted by Gasteiger charge is -2.17. The van der Waals surface area contributed by atoms with Gasteiger partial charge in [0, 0.05) is 6.04 Å². The zero-order valence-electron chi connectivity index (χ0n) is 14.8. The number of hydrogen-bond donors (Lipinski definition) is 2. The first-order chi connectivity index (χ1) is 12.3. The summed E-state index contributed by atoms with van der Waals surface area (Å²) in [6, 6.07) is 7.53. The van der Waals surface area contributed by atoms with Gasteiger partial charge in [-0.25, -0.2) is 22.7 Å². The first-order valence-corrected chi connectivity index (χ1v) is 10.0. The number of hydrogen-bond acceptors (Lipinski definition) is 6. The number of rotatable bonds is 9. The standard InChI is InChI=1S/C17H24N2O6S/c1-3-13-9-14(13)19-26(22,23)11-15(16(20)24-2)18-17(21)25-10-12-7-5-4-6-8-12/h4-8,13-15,19H,3,9-11H2,1-2H3,(H,18,21)/t13-,14-,15+/m1/s1. The fourth-order valence-electron chi connectivity index (χ4n) is 2.56. The van der Waals surface area contributed by atoms with Crippen LogP contribution in [0, 0.1) is 5.92 Å². The highest BCUT2D eigenvalue weighted by molar-refractivity contribution is 7.89. The first kappa shape index (κ1) is 20.2. The second kappa shape index (κ2) is 9.00. The average Bonchev–Trinajstić information content (AvgIpc) is 3.36. The molecule has 2 N–H and O–H groups in total. The van der Waals surface area contributed by atoms with Crippen molar-refractivity contribution < 1.29 is 27.5 Å². The molecule has 144 valence electrons. The summed E-state index contributed by atoms with van der Waals surface area (Å²) in [6.07, 6.45) is 0.778. The predicted molar refractivity (Wildman–Crippen MR) is 94.7 cm³/mol. The van der Waals surface area contributed by atoms with Crippen molar-refractivity contribution >= 4 is 22.1 Å². The molecule has 26 heavy (non-hydrogen) atoms. The lowest BCUT2D eigenvalue weighted by atomic mass is 10.2. The third kappa shape index (κ3) is 6.30. The summed E-state index contributed by atoms with van der Waals surface area (Å²) in [6.45, 7) is 1.99. The highest BCUT2D eigenvalue weighted by Crippen LogP contribution is 2.33. The number of benzene rings is 1. The third-order valence-corrected chi connectivity index (χ3v) is 5.59. The molecule has 3 atom stereocenters. The van der Waals surface area contributed by atoms with Crippen LogP contribution < -0.4 is 10.0 Å². The molecule has 0 heterocycles. The zero-order chi connectivity index (χ0) is 19.2. The molecule has 0 spiro atoms. The van der Waals surface area contributed by atoms with Gasteiger partial charge in [-0.3, -0.25) is 0 Å². The Balaban J connectivity index is 1.89. The van der Waals surface area contributed by atoms with Crippen molar-refractivity contribution in [3.63, 3.8) is 0 Å². The molecule has 1 amide bonds. The molecule has 0 aromatic heterocycles. The van der Waals surface area contributed by atoms with Gasteiger partial charge in [0.05, 0.1) is 12.9 Å². The number of alkyl carbamates (subject to hydrolysis) is 1. The Bertz CT molecular complexity index is 722. The minimum absolute atomic E-state index is 0.00577. The molecule has 1 fully saturated rings. The van der Waals surface area contributed by atoms with E-state index in [1.165, 1.54) is 0 Å². The summed E-state index contributed by atoms with van der Waals surface area (Å²) < 4.78 is 36.6. The number of sulfonamides is 1. The molecule has 1 aromatic carbocycles. The van der Waals surface area contributed by atoms with Gasteiger partial charge < -0.3 is 14.8 Å². The lowest BCUT2D eigenvalue weighted by Crippen LogP contribution is -2.48. The summed E-state index contributed by atoms with van der Waals surface area (Å²) in [7, 11) is -2.62. The van der Waals surface area contributed by atoms with E-state index >= 15 is 0 Å². The Labute approximate surface area is 153 Å². The van der Waals surface area contributed by atoms with Crippen LogP contribution in [0.5, 0.6) is 0 Å². The van der Waals surface area contributed by atoms with E-state index in [0.29, 0.717) is 5.92 Å². The normalized spacial score (nSPS) is 20.1. The predicted octanol–water partition coefficient (Wildman–Crippen LogP) is 1.17. The number of carbonyl (C=O) groups is 2. The van der Waals surface area contributed by atoms with E-state index in [1.54, 1.807) is 24.3 Å². The average molecular weight is 384 g/mol. The van der Waals surface area contributed by atoms with Gasteiger partial charge in [-0.2, -0.15) is 0 Å². The fraction of sp³-hybridized carbons (Fsp3) is 0.529. The second-order valence-electron chi connectivity index (χ2n) is 6.19. The number of ether oxygens (including phenoxy) is 2. The van der Waals surface area contributed by atoms with Gasteiger partial charge in [0.25, 0.3) is 0 Å². The number of nitrogens with one attached hydrogen (secondary N) is 2. The number of methoxy groups -OCH3 is 1. The van der Waals surface area contributed by atoms with E-state index < -0.39 is 33.9 Å². The van der Waals surface area contributed by atoms with Gasteiger partial charge in [0.1, 0.15) is 12.6 Å². The summed E-state index contributed by atoms with van der Waals surface area (Å²) in [5, 5.41) is 2.26. The highest BCUT2D eigenvalue weighted by Gasteiger charge is 2.39. The maximum absolute atomic E-state index is 12.2. The smallest absolute Gasteiger partial charge is 0.408 e. The van der Waals surface area contributed by atoms with Crippen LogP contribution >= 0.6 is 0 Å². The Morgan fingerprint density at radius 1 is 1.27 bits per heavy atom. The molecule has 1 aliphatic carbocycles. The monoisotopic (exact) mass is 384 g/mol. The van der Waals surface area contributed by atoms with Crippen LogP contribution in [0.1, 0.15) is 25.3 Å². The summed E-state index contributed by atoms with van der Waals surface area (Å²) in [5.41, 5.74) is 0.769. The lowest BCUT2D eigenvalue weighted by molar-refractivity contribution is -0.142. The highest BCUT2D eigenvalue weighted by atomic mass is 32.2. The van der Waals surface area contributed by atoms with Crippen LogP contribution in [0.2, 0.25) is 0 Å². The van der Waals surface area contributed by atoms with E-state index in [2.05, 4.69) is 14.8 Å². The molecule has 8 nitrogen and oxygen atoms in total. The van der Waals surface area contributed by atoms with Crippen LogP contribution in [0.25, 0.3) is 0 Å². The Morgan fingerprint density at radius 2 is 1.96 bits per heavy atom. The molecule has 2 rings (SSSR count). The van der Waals surface area contributed by atoms with Gasteiger partial charge in [-0.15, -0.1) is 0 Å². The molecule has 0 saturated heterocycles. The largest absolute Gasteiger partial charge is 0.467 e. The van der Waals surface area contributed by atoms with E-state index in [1.807, 2.05) is 13.0 Å². The van der Waals surface area contributed by atoms with Gasteiger partial charge >= 0.3 is 12.1 Å². The number of esters is 1. The molecule has 0 aliphatic heterocycles. The number of amides is 1. The second-order valence-corrected chi connectivity index (χ2v) is 7.99. The topological polar surface area (TPSA) is 111 Å². The molecule has 0 radical (unpaired) electrons. The third-order valence-electron chi connectivity index (χ3n) is 4.15. The summed E-state index contributed by atoms with van der Waals surface area (Å²) in [5.74, 6) is -1.13. The quantitative estimate of drug-likeness (QED) is 0.619. The van der Waals surface area contributed by atoms with E-state index in [-0.39, 0.29) is 12.6 Å². The van der Waals surface area contributed by atoms with Gasteiger partial charge in [0.2, 0.25) is 10.0 Å². The number of carbonyl (C=O) groups excluding carboxylic acids is 2. The fourth-order valence-corrected chi connectivity index (χ4v) is 4.06. The van der Waals surface area contributed by atoms with E-state index in [4.69, 9.17) is 4.74 Å². The van der Waals surface area contributed by atoms with Crippen molar-refractivity contribution in [2.75, 3.05) is 12.9 Å². The van der Waals surface area contributed by atoms with Crippen LogP contribution in [0.3, 0.4) is 0 Å². The van der Waals surface area contributed by atoms with Crippen LogP contribution in [-0.2, 0) is 30.9 Å². The van der Waals surface area contributed by atoms with Crippen molar-refractivity contribution in [1.82, 2.24) is 10.0 Å². The van der Waals surface area contributed by atoms with Gasteiger partial charge in [-0.1, -0.05) is 43.7 Å². The summed E-state index contributed by atoms with van der Waals surface area (Å²) >= 11 is 0. The maximum Gasteiger partial charge on any atom is 0.408 e. The molecule has 0 unspecified atom stereocenters. The molecular formula is C17H24N2O6S. The van der Waals surface area contributed by atoms with Crippen molar-refractivity contribution in [2.45, 2.75) is 38.5 Å². The van der Waals surface area contributed by atoms with Crippen LogP contribution in [0.4, 0.5) is 4.79 Å². The van der Waals surface area contributed by atoms with E-state index in [9.17, 15) is 18.0 Å². The Kier molecular flexibility index (Phi) is 6.98. The molecule has 1 aliphatic rings. The minimum Gasteiger partial charge on any atom is -0.467 e. The maximum atomic E-state index is 12.2. The molecule has 1 saturated carbocycles.